The lowest BCUT2D eigenvalue weighted by atomic mass is 10.0. The van der Waals surface area contributed by atoms with Crippen LogP contribution in [0.5, 0.6) is 5.75 Å². The third-order valence-corrected chi connectivity index (χ3v) is 3.37. The summed E-state index contributed by atoms with van der Waals surface area (Å²) in [7, 11) is 0. The maximum Gasteiger partial charge on any atom is 0.248 e. The Kier molecular flexibility index (Phi) is 5.32. The number of rotatable bonds is 7. The maximum absolute atomic E-state index is 11.3. The third kappa shape index (κ3) is 3.81. The number of benzene rings is 1. The molecule has 0 saturated heterocycles. The molecule has 0 amide bonds. The van der Waals surface area contributed by atoms with Gasteiger partial charge in [0, 0.05) is 24.6 Å². The van der Waals surface area contributed by atoms with Gasteiger partial charge in [0.15, 0.2) is 0 Å². The molecule has 0 radical (unpaired) electrons. The van der Waals surface area contributed by atoms with Crippen molar-refractivity contribution >= 4 is 10.9 Å². The van der Waals surface area contributed by atoms with Crippen LogP contribution in [-0.4, -0.2) is 40.0 Å². The molecule has 1 heterocycles. The van der Waals surface area contributed by atoms with Crippen LogP contribution in [0.2, 0.25) is 0 Å². The van der Waals surface area contributed by atoms with E-state index in [4.69, 9.17) is 5.11 Å². The van der Waals surface area contributed by atoms with Gasteiger partial charge in [-0.25, -0.2) is 0 Å². The first-order valence-corrected chi connectivity index (χ1v) is 6.98. The number of phenols is 1. The fourth-order valence-corrected chi connectivity index (χ4v) is 2.26. The number of aromatic hydroxyl groups is 1. The Balaban J connectivity index is 2.14. The summed E-state index contributed by atoms with van der Waals surface area (Å²) in [5, 5.41) is 32.5. The summed E-state index contributed by atoms with van der Waals surface area (Å²) in [6.45, 7) is 1.25. The van der Waals surface area contributed by atoms with Gasteiger partial charge in [0.25, 0.3) is 0 Å². The summed E-state index contributed by atoms with van der Waals surface area (Å²) >= 11 is 0. The van der Waals surface area contributed by atoms with Gasteiger partial charge in [0.1, 0.15) is 5.75 Å². The van der Waals surface area contributed by atoms with E-state index >= 15 is 0 Å². The summed E-state index contributed by atoms with van der Waals surface area (Å²) < 4.78 is 0. The monoisotopic (exact) mass is 292 g/mol. The number of nitrogens with one attached hydrogen (secondary N) is 2. The fraction of sp³-hybridized carbons (Fsp3) is 0.400. The predicted octanol–water partition coefficient (Wildman–Crippen LogP) is 0.629. The summed E-state index contributed by atoms with van der Waals surface area (Å²) in [6, 6.07) is 6.07. The van der Waals surface area contributed by atoms with Crippen LogP contribution in [0.1, 0.15) is 24.5 Å². The molecule has 6 heteroatoms. The van der Waals surface area contributed by atoms with Gasteiger partial charge in [-0.15, -0.1) is 0 Å². The summed E-state index contributed by atoms with van der Waals surface area (Å²) in [4.78, 5) is 13.9. The molecule has 5 N–H and O–H groups in total. The normalized spacial score (nSPS) is 12.7. The van der Waals surface area contributed by atoms with Gasteiger partial charge in [0.2, 0.25) is 5.56 Å². The smallest absolute Gasteiger partial charge is 0.248 e. The van der Waals surface area contributed by atoms with E-state index in [9.17, 15) is 15.0 Å². The van der Waals surface area contributed by atoms with Crippen molar-refractivity contribution in [2.75, 3.05) is 19.7 Å². The Labute approximate surface area is 122 Å². The molecule has 1 atom stereocenters. The van der Waals surface area contributed by atoms with Gasteiger partial charge in [-0.3, -0.25) is 4.79 Å². The Morgan fingerprint density at radius 2 is 2.00 bits per heavy atom. The molecule has 0 unspecified atom stereocenters. The molecule has 0 fully saturated rings. The van der Waals surface area contributed by atoms with E-state index in [0.29, 0.717) is 29.6 Å². The van der Waals surface area contributed by atoms with Gasteiger partial charge in [-0.1, -0.05) is 6.07 Å². The molecular weight excluding hydrogens is 272 g/mol. The molecular formula is C15H20N2O4. The average molecular weight is 292 g/mol. The van der Waals surface area contributed by atoms with Crippen LogP contribution in [0, 0.1) is 0 Å². The number of pyridine rings is 1. The Hall–Kier alpha value is -1.89. The highest BCUT2D eigenvalue weighted by Gasteiger charge is 2.13. The van der Waals surface area contributed by atoms with E-state index in [-0.39, 0.29) is 17.9 Å². The topological polar surface area (TPSA) is 106 Å². The number of hydrogen-bond donors (Lipinski definition) is 5. The Morgan fingerprint density at radius 3 is 2.76 bits per heavy atom. The van der Waals surface area contributed by atoms with Crippen LogP contribution in [-0.2, 0) is 0 Å². The van der Waals surface area contributed by atoms with Crippen LogP contribution in [0.15, 0.2) is 29.1 Å². The number of unbranched alkanes of at least 4 members (excludes halogenated alkanes) is 1. The van der Waals surface area contributed by atoms with Crippen molar-refractivity contribution in [2.24, 2.45) is 0 Å². The van der Waals surface area contributed by atoms with Crippen LogP contribution in [0.4, 0.5) is 0 Å². The van der Waals surface area contributed by atoms with Crippen molar-refractivity contribution in [1.82, 2.24) is 10.3 Å². The van der Waals surface area contributed by atoms with Gasteiger partial charge in [-0.2, -0.15) is 0 Å². The number of fused-ring (bicyclic) bond motifs is 1. The summed E-state index contributed by atoms with van der Waals surface area (Å²) in [6.07, 6.45) is 0.826. The largest absolute Gasteiger partial charge is 0.506 e. The molecule has 0 bridgehead atoms. The first-order chi connectivity index (χ1) is 10.1. The van der Waals surface area contributed by atoms with Crippen molar-refractivity contribution in [1.29, 1.82) is 0 Å². The zero-order valence-electron chi connectivity index (χ0n) is 11.7. The minimum absolute atomic E-state index is 0.0189. The van der Waals surface area contributed by atoms with Crippen LogP contribution < -0.4 is 10.9 Å². The number of aromatic amines is 1. The van der Waals surface area contributed by atoms with Crippen LogP contribution in [0.3, 0.4) is 0 Å². The highest BCUT2D eigenvalue weighted by Crippen LogP contribution is 2.28. The number of H-pyrrole nitrogens is 1. The van der Waals surface area contributed by atoms with Gasteiger partial charge >= 0.3 is 0 Å². The van der Waals surface area contributed by atoms with Crippen molar-refractivity contribution < 1.29 is 15.3 Å². The number of phenolic OH excluding ortho intramolecular Hbond substituents is 1. The fourth-order valence-electron chi connectivity index (χ4n) is 2.26. The Morgan fingerprint density at radius 1 is 1.19 bits per heavy atom. The van der Waals surface area contributed by atoms with Crippen molar-refractivity contribution in [3.63, 3.8) is 0 Å². The van der Waals surface area contributed by atoms with Crippen LogP contribution in [0.25, 0.3) is 10.9 Å². The molecule has 2 aromatic rings. The summed E-state index contributed by atoms with van der Waals surface area (Å²) in [5.74, 6) is -0.0189. The van der Waals surface area contributed by atoms with Crippen molar-refractivity contribution in [3.8, 4) is 5.75 Å². The molecule has 0 spiro atoms. The van der Waals surface area contributed by atoms with Crippen molar-refractivity contribution in [2.45, 2.75) is 18.9 Å². The van der Waals surface area contributed by atoms with E-state index in [2.05, 4.69) is 10.3 Å². The van der Waals surface area contributed by atoms with E-state index in [1.54, 1.807) is 12.1 Å². The number of hydrogen-bond acceptors (Lipinski definition) is 5. The predicted molar refractivity (Wildman–Crippen MR) is 80.4 cm³/mol. The second-order valence-corrected chi connectivity index (χ2v) is 4.94. The van der Waals surface area contributed by atoms with Crippen molar-refractivity contribution in [3.05, 3.63) is 40.2 Å². The lowest BCUT2D eigenvalue weighted by molar-refractivity contribution is 0.175. The molecule has 0 saturated carbocycles. The van der Waals surface area contributed by atoms with Gasteiger partial charge in [0.05, 0.1) is 11.6 Å². The van der Waals surface area contributed by atoms with Gasteiger partial charge in [-0.05, 0) is 37.1 Å². The molecule has 0 aliphatic rings. The van der Waals surface area contributed by atoms with E-state index in [0.717, 1.165) is 12.8 Å². The molecule has 6 nitrogen and oxygen atoms in total. The minimum atomic E-state index is -0.742. The second kappa shape index (κ2) is 7.21. The van der Waals surface area contributed by atoms with Crippen LogP contribution >= 0.6 is 0 Å². The van der Waals surface area contributed by atoms with E-state index in [1.165, 1.54) is 12.1 Å². The zero-order valence-corrected chi connectivity index (χ0v) is 11.7. The lowest BCUT2D eigenvalue weighted by Gasteiger charge is -2.15. The lowest BCUT2D eigenvalue weighted by Crippen LogP contribution is -2.23. The standard InChI is InChI=1S/C15H20N2O4/c18-8-2-1-7-16-9-13(20)10-3-5-12(19)15-11(10)4-6-14(21)17-15/h3-6,13,16,18-20H,1-2,7-9H2,(H,17,21)/t13-/m0/s1. The third-order valence-electron chi connectivity index (χ3n) is 3.37. The molecule has 0 aliphatic heterocycles. The number of aromatic nitrogens is 1. The molecule has 0 aliphatic carbocycles. The zero-order chi connectivity index (χ0) is 15.2. The second-order valence-electron chi connectivity index (χ2n) is 4.94. The molecule has 2 rings (SSSR count). The quantitative estimate of drug-likeness (QED) is 0.481. The number of aliphatic hydroxyl groups excluding tert-OH is 2. The highest BCUT2D eigenvalue weighted by atomic mass is 16.3. The number of aliphatic hydroxyl groups is 2. The van der Waals surface area contributed by atoms with E-state index in [1.807, 2.05) is 0 Å². The molecule has 21 heavy (non-hydrogen) atoms. The SMILES string of the molecule is O=c1ccc2c([C@@H](O)CNCCCCO)ccc(O)c2[nH]1. The molecule has 1 aromatic heterocycles. The molecule has 1 aromatic carbocycles. The van der Waals surface area contributed by atoms with Gasteiger partial charge < -0.3 is 25.6 Å². The first kappa shape index (κ1) is 15.5. The average Bonchev–Trinajstić information content (AvgIpc) is 2.48. The maximum atomic E-state index is 11.3. The highest BCUT2D eigenvalue weighted by molar-refractivity contribution is 5.87. The molecule has 114 valence electrons. The minimum Gasteiger partial charge on any atom is -0.506 e. The van der Waals surface area contributed by atoms with E-state index < -0.39 is 6.10 Å². The Bertz CT molecular complexity index is 654. The summed E-state index contributed by atoms with van der Waals surface area (Å²) in [5.41, 5.74) is 0.680. The first-order valence-electron chi connectivity index (χ1n) is 6.98.